The van der Waals surface area contributed by atoms with Crippen molar-refractivity contribution in [2.45, 2.75) is 20.8 Å². The van der Waals surface area contributed by atoms with Crippen LogP contribution in [0.1, 0.15) is 29.8 Å². The van der Waals surface area contributed by atoms with E-state index in [0.717, 1.165) is 16.7 Å². The van der Waals surface area contributed by atoms with Gasteiger partial charge in [0.25, 0.3) is 0 Å². The minimum atomic E-state index is -0.448. The fraction of sp³-hybridized carbons (Fsp3) is 0.294. The second-order valence-corrected chi connectivity index (χ2v) is 6.23. The van der Waals surface area contributed by atoms with E-state index in [0.29, 0.717) is 10.6 Å². The summed E-state index contributed by atoms with van der Waals surface area (Å²) in [6.07, 6.45) is 0. The topological polar surface area (TPSA) is 55.4 Å². The van der Waals surface area contributed by atoms with Crippen molar-refractivity contribution >= 4 is 28.2 Å². The molecule has 0 bridgehead atoms. The van der Waals surface area contributed by atoms with Crippen molar-refractivity contribution in [1.29, 1.82) is 0 Å². The summed E-state index contributed by atoms with van der Waals surface area (Å²) < 4.78 is 4.88. The molecule has 0 aliphatic carbocycles. The third-order valence-corrected chi connectivity index (χ3v) is 4.20. The lowest BCUT2D eigenvalue weighted by Crippen LogP contribution is -2.18. The molecule has 0 unspecified atom stereocenters. The third-order valence-electron chi connectivity index (χ3n) is 3.30. The van der Waals surface area contributed by atoms with Crippen molar-refractivity contribution in [1.82, 2.24) is 0 Å². The van der Waals surface area contributed by atoms with E-state index in [2.05, 4.69) is 5.32 Å². The van der Waals surface area contributed by atoms with E-state index in [1.54, 1.807) is 0 Å². The maximum absolute atomic E-state index is 12.1. The molecular weight excluding hydrogens is 298 g/mol. The largest absolute Gasteiger partial charge is 0.465 e. The van der Waals surface area contributed by atoms with Crippen LogP contribution in [-0.2, 0) is 9.53 Å². The lowest BCUT2D eigenvalue weighted by atomic mass is 10.0. The number of aryl methyl sites for hydroxylation is 1. The number of carbonyl (C=O) groups excluding carboxylic acids is 2. The molecule has 0 fully saturated rings. The molecule has 0 atom stereocenters. The number of carbonyl (C=O) groups is 2. The predicted molar refractivity (Wildman–Crippen MR) is 89.3 cm³/mol. The molecule has 0 saturated heterocycles. The first-order valence-corrected chi connectivity index (χ1v) is 7.89. The van der Waals surface area contributed by atoms with Crippen molar-refractivity contribution in [2.24, 2.45) is 5.92 Å². The Morgan fingerprint density at radius 1 is 1.18 bits per heavy atom. The highest BCUT2D eigenvalue weighted by molar-refractivity contribution is 7.15. The Kier molecular flexibility index (Phi) is 4.98. The smallest absolute Gasteiger partial charge is 0.341 e. The van der Waals surface area contributed by atoms with Gasteiger partial charge in [-0.05, 0) is 12.5 Å². The van der Waals surface area contributed by atoms with Gasteiger partial charge in [-0.1, -0.05) is 43.7 Å². The Morgan fingerprint density at radius 3 is 2.36 bits per heavy atom. The molecule has 22 heavy (non-hydrogen) atoms. The molecule has 4 nitrogen and oxygen atoms in total. The molecule has 1 aromatic heterocycles. The van der Waals surface area contributed by atoms with Gasteiger partial charge in [0.05, 0.1) is 7.11 Å². The minimum absolute atomic E-state index is 0.123. The summed E-state index contributed by atoms with van der Waals surface area (Å²) in [7, 11) is 1.34. The second-order valence-electron chi connectivity index (χ2n) is 5.36. The fourth-order valence-electron chi connectivity index (χ4n) is 1.96. The van der Waals surface area contributed by atoms with Gasteiger partial charge in [-0.15, -0.1) is 11.3 Å². The van der Waals surface area contributed by atoms with Gasteiger partial charge in [0.1, 0.15) is 10.6 Å². The number of ether oxygens (including phenoxy) is 1. The number of rotatable bonds is 4. The maximum atomic E-state index is 12.1. The number of hydrogen-bond donors (Lipinski definition) is 1. The SMILES string of the molecule is COC(=O)c1c(-c2ccc(C)cc2)csc1NC(=O)C(C)C. The zero-order valence-corrected chi connectivity index (χ0v) is 13.9. The van der Waals surface area contributed by atoms with E-state index in [-0.39, 0.29) is 11.8 Å². The van der Waals surface area contributed by atoms with Crippen LogP contribution in [0.5, 0.6) is 0 Å². The molecule has 1 aromatic carbocycles. The summed E-state index contributed by atoms with van der Waals surface area (Å²) in [5.41, 5.74) is 3.25. The Morgan fingerprint density at radius 2 is 1.82 bits per heavy atom. The molecular formula is C17H19NO3S. The van der Waals surface area contributed by atoms with E-state index in [9.17, 15) is 9.59 Å². The Bertz CT molecular complexity index is 686. The molecule has 0 spiro atoms. The van der Waals surface area contributed by atoms with Crippen molar-refractivity contribution in [3.8, 4) is 11.1 Å². The lowest BCUT2D eigenvalue weighted by molar-refractivity contribution is -0.118. The monoisotopic (exact) mass is 317 g/mol. The number of hydrogen-bond acceptors (Lipinski definition) is 4. The molecule has 116 valence electrons. The number of methoxy groups -OCH3 is 1. The van der Waals surface area contributed by atoms with Gasteiger partial charge in [0.2, 0.25) is 5.91 Å². The highest BCUT2D eigenvalue weighted by atomic mass is 32.1. The van der Waals surface area contributed by atoms with Crippen LogP contribution in [0.3, 0.4) is 0 Å². The number of nitrogens with one attached hydrogen (secondary N) is 1. The lowest BCUT2D eigenvalue weighted by Gasteiger charge is -2.09. The summed E-state index contributed by atoms with van der Waals surface area (Å²) >= 11 is 1.33. The molecule has 0 radical (unpaired) electrons. The van der Waals surface area contributed by atoms with Crippen molar-refractivity contribution in [3.05, 3.63) is 40.8 Å². The highest BCUT2D eigenvalue weighted by Crippen LogP contribution is 2.36. The zero-order valence-electron chi connectivity index (χ0n) is 13.1. The van der Waals surface area contributed by atoms with Crippen LogP contribution >= 0.6 is 11.3 Å². The van der Waals surface area contributed by atoms with Gasteiger partial charge in [-0.3, -0.25) is 4.79 Å². The number of esters is 1. The van der Waals surface area contributed by atoms with Gasteiger partial charge < -0.3 is 10.1 Å². The normalized spacial score (nSPS) is 10.6. The molecule has 5 heteroatoms. The molecule has 1 N–H and O–H groups in total. The molecule has 1 amide bonds. The number of benzene rings is 1. The van der Waals surface area contributed by atoms with E-state index in [4.69, 9.17) is 4.74 Å². The predicted octanol–water partition coefficient (Wildman–Crippen LogP) is 4.10. The molecule has 0 aliphatic heterocycles. The van der Waals surface area contributed by atoms with Gasteiger partial charge in [0.15, 0.2) is 0 Å². The van der Waals surface area contributed by atoms with Gasteiger partial charge in [0, 0.05) is 16.9 Å². The zero-order chi connectivity index (χ0) is 16.3. The Labute approximate surface area is 134 Å². The van der Waals surface area contributed by atoms with E-state index >= 15 is 0 Å². The molecule has 0 saturated carbocycles. The first kappa shape index (κ1) is 16.2. The van der Waals surface area contributed by atoms with Crippen molar-refractivity contribution in [3.63, 3.8) is 0 Å². The van der Waals surface area contributed by atoms with Gasteiger partial charge >= 0.3 is 5.97 Å². The number of anilines is 1. The summed E-state index contributed by atoms with van der Waals surface area (Å²) in [4.78, 5) is 24.1. The van der Waals surface area contributed by atoms with Crippen molar-refractivity contribution < 1.29 is 14.3 Å². The highest BCUT2D eigenvalue weighted by Gasteiger charge is 2.22. The van der Waals surface area contributed by atoms with Crippen LogP contribution in [0.25, 0.3) is 11.1 Å². The second kappa shape index (κ2) is 6.75. The first-order valence-electron chi connectivity index (χ1n) is 7.01. The number of amides is 1. The summed E-state index contributed by atoms with van der Waals surface area (Å²) in [5.74, 6) is -0.728. The van der Waals surface area contributed by atoms with Crippen LogP contribution in [0.4, 0.5) is 5.00 Å². The third kappa shape index (κ3) is 3.36. The van der Waals surface area contributed by atoms with Crippen molar-refractivity contribution in [2.75, 3.05) is 12.4 Å². The average Bonchev–Trinajstić information content (AvgIpc) is 2.90. The minimum Gasteiger partial charge on any atom is -0.465 e. The number of thiophene rings is 1. The standard InChI is InChI=1S/C17H19NO3S/c1-10(2)15(19)18-16-14(17(20)21-4)13(9-22-16)12-7-5-11(3)6-8-12/h5-10H,1-4H3,(H,18,19). The Balaban J connectivity index is 2.47. The summed E-state index contributed by atoms with van der Waals surface area (Å²) in [6, 6.07) is 7.89. The van der Waals surface area contributed by atoms with E-state index in [1.807, 2.05) is 50.4 Å². The van der Waals surface area contributed by atoms with Gasteiger partial charge in [-0.25, -0.2) is 4.79 Å². The maximum Gasteiger partial charge on any atom is 0.341 e. The van der Waals surface area contributed by atoms with E-state index < -0.39 is 5.97 Å². The average molecular weight is 317 g/mol. The first-order chi connectivity index (χ1) is 10.4. The van der Waals surface area contributed by atoms with Crippen LogP contribution in [-0.4, -0.2) is 19.0 Å². The Hall–Kier alpha value is -2.14. The fourth-order valence-corrected chi connectivity index (χ4v) is 2.92. The van der Waals surface area contributed by atoms with Crippen LogP contribution in [0.2, 0.25) is 0 Å². The molecule has 0 aliphatic rings. The molecule has 2 rings (SSSR count). The van der Waals surface area contributed by atoms with E-state index in [1.165, 1.54) is 18.4 Å². The quantitative estimate of drug-likeness (QED) is 0.864. The molecule has 1 heterocycles. The summed E-state index contributed by atoms with van der Waals surface area (Å²) in [6.45, 7) is 5.62. The van der Waals surface area contributed by atoms with Crippen LogP contribution in [0, 0.1) is 12.8 Å². The molecule has 2 aromatic rings. The van der Waals surface area contributed by atoms with Crippen LogP contribution in [0.15, 0.2) is 29.6 Å². The summed E-state index contributed by atoms with van der Waals surface area (Å²) in [5, 5.41) is 5.20. The van der Waals surface area contributed by atoms with Gasteiger partial charge in [-0.2, -0.15) is 0 Å². The van der Waals surface area contributed by atoms with Crippen LogP contribution < -0.4 is 5.32 Å².